The third-order valence-electron chi connectivity index (χ3n) is 5.46. The lowest BCUT2D eigenvalue weighted by Gasteiger charge is -2.32. The van der Waals surface area contributed by atoms with Gasteiger partial charge in [0.05, 0.1) is 0 Å². The van der Waals surface area contributed by atoms with Crippen molar-refractivity contribution in [1.82, 2.24) is 0 Å². The van der Waals surface area contributed by atoms with Gasteiger partial charge in [0, 0.05) is 22.7 Å². The maximum atomic E-state index is 6.85. The Morgan fingerprint density at radius 2 is 0.743 bits per heavy atom. The second-order valence-corrected chi connectivity index (χ2v) is 8.02. The smallest absolute Gasteiger partial charge is 0.202 e. The molecule has 3 heteroatoms. The predicted molar refractivity (Wildman–Crippen MR) is 148 cm³/mol. The molecule has 176 valence electrons. The minimum atomic E-state index is 0.765. The van der Waals surface area contributed by atoms with E-state index in [2.05, 4.69) is 133 Å². The van der Waals surface area contributed by atoms with Crippen LogP contribution in [0.5, 0.6) is 0 Å². The minimum Gasteiger partial charge on any atom is -0.424 e. The third-order valence-corrected chi connectivity index (χ3v) is 5.46. The first-order chi connectivity index (χ1) is 17.3. The van der Waals surface area contributed by atoms with E-state index >= 15 is 0 Å². The molecule has 4 aromatic carbocycles. The molecule has 0 aliphatic heterocycles. The fourth-order valence-electron chi connectivity index (χ4n) is 3.93. The average molecular weight is 461 g/mol. The van der Waals surface area contributed by atoms with Gasteiger partial charge in [0.1, 0.15) is 0 Å². The zero-order valence-electron chi connectivity index (χ0n) is 20.4. The molecule has 4 aromatic rings. The molecule has 0 saturated heterocycles. The maximum Gasteiger partial charge on any atom is 0.202 e. The number of nitrogens with zero attached hydrogens (tertiary/aromatic N) is 2. The van der Waals surface area contributed by atoms with Gasteiger partial charge in [-0.15, -0.1) is 0 Å². The quantitative estimate of drug-likeness (QED) is 0.219. The summed E-state index contributed by atoms with van der Waals surface area (Å²) in [5.74, 6) is 1.53. The number of hydrogen-bond donors (Lipinski definition) is 0. The number of allylic oxidation sites excluding steroid dienone is 2. The van der Waals surface area contributed by atoms with E-state index in [9.17, 15) is 0 Å². The standard InChI is InChI=1S/C32H32N2O/c1-3-17-31(33(27-19-9-5-10-20-27)28-21-11-6-12-22-28)35-32(18-4-2)34(29-23-13-7-14-24-29)30-25-15-8-16-26-30/h5-26H,3-4H2,1-2H3/b31-17-,32-18-. The Labute approximate surface area is 209 Å². The molecule has 0 aromatic heterocycles. The van der Waals surface area contributed by atoms with Crippen molar-refractivity contribution in [1.29, 1.82) is 0 Å². The van der Waals surface area contributed by atoms with Gasteiger partial charge in [-0.05, 0) is 73.5 Å². The summed E-state index contributed by atoms with van der Waals surface area (Å²) in [5.41, 5.74) is 4.17. The van der Waals surface area contributed by atoms with Crippen molar-refractivity contribution in [2.75, 3.05) is 9.80 Å². The van der Waals surface area contributed by atoms with Crippen LogP contribution in [-0.2, 0) is 4.74 Å². The molecule has 0 amide bonds. The Hall–Kier alpha value is -4.24. The van der Waals surface area contributed by atoms with E-state index in [-0.39, 0.29) is 0 Å². The van der Waals surface area contributed by atoms with Crippen molar-refractivity contribution in [2.45, 2.75) is 26.7 Å². The third kappa shape index (κ3) is 6.01. The number of anilines is 4. The highest BCUT2D eigenvalue weighted by Crippen LogP contribution is 2.35. The monoisotopic (exact) mass is 460 g/mol. The molecule has 0 unspecified atom stereocenters. The second kappa shape index (κ2) is 12.3. The van der Waals surface area contributed by atoms with Crippen LogP contribution in [-0.4, -0.2) is 0 Å². The summed E-state index contributed by atoms with van der Waals surface area (Å²) in [7, 11) is 0. The summed E-state index contributed by atoms with van der Waals surface area (Å²) in [6, 6.07) is 41.4. The fourth-order valence-corrected chi connectivity index (χ4v) is 3.93. The van der Waals surface area contributed by atoms with Crippen molar-refractivity contribution < 1.29 is 4.74 Å². The summed E-state index contributed by atoms with van der Waals surface area (Å²) in [5, 5.41) is 0. The normalized spacial score (nSPS) is 11.7. The van der Waals surface area contributed by atoms with E-state index < -0.39 is 0 Å². The van der Waals surface area contributed by atoms with Gasteiger partial charge in [0.15, 0.2) is 0 Å². The molecule has 0 spiro atoms. The molecular weight excluding hydrogens is 428 g/mol. The van der Waals surface area contributed by atoms with Crippen molar-refractivity contribution >= 4 is 22.7 Å². The van der Waals surface area contributed by atoms with Crippen molar-refractivity contribution in [2.24, 2.45) is 0 Å². The molecule has 3 nitrogen and oxygen atoms in total. The molecular formula is C32H32N2O. The highest BCUT2D eigenvalue weighted by molar-refractivity contribution is 5.69. The Bertz CT molecular complexity index is 1040. The molecule has 0 fully saturated rings. The minimum absolute atomic E-state index is 0.765. The highest BCUT2D eigenvalue weighted by atomic mass is 16.5. The summed E-state index contributed by atoms with van der Waals surface area (Å²) in [6.45, 7) is 4.26. The van der Waals surface area contributed by atoms with Gasteiger partial charge in [-0.25, -0.2) is 0 Å². The van der Waals surface area contributed by atoms with Gasteiger partial charge in [0.25, 0.3) is 0 Å². The highest BCUT2D eigenvalue weighted by Gasteiger charge is 2.22. The van der Waals surface area contributed by atoms with Crippen molar-refractivity contribution in [3.8, 4) is 0 Å². The van der Waals surface area contributed by atoms with E-state index in [0.29, 0.717) is 0 Å². The Morgan fingerprint density at radius 3 is 0.971 bits per heavy atom. The summed E-state index contributed by atoms with van der Waals surface area (Å²) in [6.07, 6.45) is 5.94. The van der Waals surface area contributed by atoms with Gasteiger partial charge in [-0.3, -0.25) is 9.80 Å². The van der Waals surface area contributed by atoms with Crippen LogP contribution in [0.2, 0.25) is 0 Å². The summed E-state index contributed by atoms with van der Waals surface area (Å²) in [4.78, 5) is 4.34. The number of para-hydroxylation sites is 4. The molecule has 35 heavy (non-hydrogen) atoms. The first kappa shape index (κ1) is 23.9. The zero-order valence-corrected chi connectivity index (χ0v) is 20.4. The SMILES string of the molecule is CC/C=C(\O/C(=C\CC)N(c1ccccc1)c1ccccc1)N(c1ccccc1)c1ccccc1. The van der Waals surface area contributed by atoms with Crippen LogP contribution < -0.4 is 9.80 Å². The Kier molecular flexibility index (Phi) is 8.39. The van der Waals surface area contributed by atoms with Gasteiger partial charge in [0.2, 0.25) is 11.8 Å². The summed E-state index contributed by atoms with van der Waals surface area (Å²) < 4.78 is 6.85. The maximum absolute atomic E-state index is 6.85. The van der Waals surface area contributed by atoms with Gasteiger partial charge in [-0.1, -0.05) is 86.6 Å². The van der Waals surface area contributed by atoms with Crippen LogP contribution in [0.4, 0.5) is 22.7 Å². The van der Waals surface area contributed by atoms with Crippen molar-refractivity contribution in [3.63, 3.8) is 0 Å². The fraction of sp³-hybridized carbons (Fsp3) is 0.125. The van der Waals surface area contributed by atoms with Crippen LogP contribution in [0.3, 0.4) is 0 Å². The predicted octanol–water partition coefficient (Wildman–Crippen LogP) is 9.18. The number of ether oxygens (including phenoxy) is 1. The lowest BCUT2D eigenvalue weighted by molar-refractivity contribution is 0.291. The Morgan fingerprint density at radius 1 is 0.486 bits per heavy atom. The molecule has 0 aliphatic rings. The van der Waals surface area contributed by atoms with Crippen LogP contribution in [0.25, 0.3) is 0 Å². The van der Waals surface area contributed by atoms with Gasteiger partial charge >= 0.3 is 0 Å². The van der Waals surface area contributed by atoms with Gasteiger partial charge < -0.3 is 4.74 Å². The number of rotatable bonds is 10. The lowest BCUT2D eigenvalue weighted by atomic mass is 10.2. The van der Waals surface area contributed by atoms with E-state index in [0.717, 1.165) is 47.4 Å². The van der Waals surface area contributed by atoms with Gasteiger partial charge in [-0.2, -0.15) is 0 Å². The lowest BCUT2D eigenvalue weighted by Crippen LogP contribution is -2.24. The average Bonchev–Trinajstić information content (AvgIpc) is 2.92. The molecule has 4 rings (SSSR count). The van der Waals surface area contributed by atoms with E-state index in [1.54, 1.807) is 0 Å². The van der Waals surface area contributed by atoms with Crippen LogP contribution in [0.15, 0.2) is 145 Å². The number of hydrogen-bond acceptors (Lipinski definition) is 3. The van der Waals surface area contributed by atoms with Crippen molar-refractivity contribution in [3.05, 3.63) is 145 Å². The summed E-state index contributed by atoms with van der Waals surface area (Å²) >= 11 is 0. The molecule has 0 radical (unpaired) electrons. The van der Waals surface area contributed by atoms with Crippen LogP contribution >= 0.6 is 0 Å². The molecule has 0 atom stereocenters. The molecule has 0 bridgehead atoms. The topological polar surface area (TPSA) is 15.7 Å². The first-order valence-electron chi connectivity index (χ1n) is 12.2. The Balaban J connectivity index is 1.81. The number of benzene rings is 4. The van der Waals surface area contributed by atoms with Crippen LogP contribution in [0, 0.1) is 0 Å². The second-order valence-electron chi connectivity index (χ2n) is 8.02. The largest absolute Gasteiger partial charge is 0.424 e. The zero-order chi connectivity index (χ0) is 24.3. The van der Waals surface area contributed by atoms with E-state index in [1.807, 2.05) is 24.3 Å². The molecule has 0 N–H and O–H groups in total. The first-order valence-corrected chi connectivity index (χ1v) is 12.2. The van der Waals surface area contributed by atoms with E-state index in [4.69, 9.17) is 4.74 Å². The molecule has 0 aliphatic carbocycles. The van der Waals surface area contributed by atoms with E-state index in [1.165, 1.54) is 0 Å². The van der Waals surface area contributed by atoms with Crippen LogP contribution in [0.1, 0.15) is 26.7 Å². The molecule has 0 heterocycles. The molecule has 0 saturated carbocycles.